The van der Waals surface area contributed by atoms with Crippen molar-refractivity contribution in [1.82, 2.24) is 0 Å². The molecule has 0 atom stereocenters. The van der Waals surface area contributed by atoms with Gasteiger partial charge >= 0.3 is 0 Å². The average Bonchev–Trinajstić information content (AvgIpc) is 2.81. The Morgan fingerprint density at radius 3 is 2.27 bits per heavy atom. The minimum Gasteiger partial charge on any atom is -0.155 e. The number of hydrogen-bond acceptors (Lipinski definition) is 2. The maximum atomic E-state index is 4.59. The average molecular weight is 439 g/mol. The van der Waals surface area contributed by atoms with E-state index in [1.54, 1.807) is 0 Å². The monoisotopic (exact) mass is 438 g/mol. The highest BCUT2D eigenvalue weighted by Gasteiger charge is 2.07. The van der Waals surface area contributed by atoms with Gasteiger partial charge in [0.15, 0.2) is 0 Å². The zero-order valence-corrected chi connectivity index (χ0v) is 21.2. The standard InChI is InChI=1S/C31H38N2/c1-7-8-9-11-16-29-21-30(18-23(3)25(29)5)33-32-24(4)19-27-17-22(2)26(6)31(20-27)28-14-12-10-13-15-28/h10,12-15,17-21H,7-9,11,16H2,1-6H3. The van der Waals surface area contributed by atoms with Gasteiger partial charge in [0.25, 0.3) is 0 Å². The molecule has 0 saturated carbocycles. The molecule has 33 heavy (non-hydrogen) atoms. The molecule has 0 aromatic heterocycles. The number of rotatable bonds is 9. The van der Waals surface area contributed by atoms with Gasteiger partial charge in [-0.05, 0) is 116 Å². The summed E-state index contributed by atoms with van der Waals surface area (Å²) < 4.78 is 0. The molecule has 172 valence electrons. The summed E-state index contributed by atoms with van der Waals surface area (Å²) in [5, 5.41) is 9.14. The van der Waals surface area contributed by atoms with Gasteiger partial charge in [0.2, 0.25) is 0 Å². The molecule has 3 rings (SSSR count). The van der Waals surface area contributed by atoms with Crippen LogP contribution in [0.25, 0.3) is 17.2 Å². The Labute approximate surface area is 200 Å². The first kappa shape index (κ1) is 24.6. The second kappa shape index (κ2) is 11.7. The summed E-state index contributed by atoms with van der Waals surface area (Å²) in [4.78, 5) is 0. The lowest BCUT2D eigenvalue weighted by Gasteiger charge is -2.11. The van der Waals surface area contributed by atoms with Gasteiger partial charge in [0.1, 0.15) is 0 Å². The SMILES string of the molecule is CCCCCCc1cc(N=NC(C)=Cc2cc(C)c(C)c(-c3ccccc3)c2)cc(C)c1C. The van der Waals surface area contributed by atoms with Crippen LogP contribution in [0.5, 0.6) is 0 Å². The summed E-state index contributed by atoms with van der Waals surface area (Å²) in [5.41, 5.74) is 12.2. The number of benzene rings is 3. The Balaban J connectivity index is 1.82. The van der Waals surface area contributed by atoms with Crippen LogP contribution in [0.2, 0.25) is 0 Å². The highest BCUT2D eigenvalue weighted by Crippen LogP contribution is 2.29. The highest BCUT2D eigenvalue weighted by atomic mass is 15.1. The zero-order valence-electron chi connectivity index (χ0n) is 21.2. The normalized spacial score (nSPS) is 12.0. The summed E-state index contributed by atoms with van der Waals surface area (Å²) in [6, 6.07) is 19.4. The molecule has 2 nitrogen and oxygen atoms in total. The quantitative estimate of drug-likeness (QED) is 0.234. The fraction of sp³-hybridized carbons (Fsp3) is 0.355. The van der Waals surface area contributed by atoms with Gasteiger partial charge in [0, 0.05) is 0 Å². The van der Waals surface area contributed by atoms with E-state index in [1.165, 1.54) is 64.6 Å². The van der Waals surface area contributed by atoms with Crippen LogP contribution in [0.4, 0.5) is 5.69 Å². The summed E-state index contributed by atoms with van der Waals surface area (Å²) in [6.07, 6.45) is 8.36. The van der Waals surface area contributed by atoms with E-state index in [0.29, 0.717) is 0 Å². The topological polar surface area (TPSA) is 24.7 Å². The van der Waals surface area contributed by atoms with Crippen molar-refractivity contribution < 1.29 is 0 Å². The lowest BCUT2D eigenvalue weighted by Crippen LogP contribution is -1.93. The second-order valence-electron chi connectivity index (χ2n) is 9.22. The molecule has 3 aromatic rings. The molecule has 2 heteroatoms. The second-order valence-corrected chi connectivity index (χ2v) is 9.22. The van der Waals surface area contributed by atoms with E-state index in [9.17, 15) is 0 Å². The van der Waals surface area contributed by atoms with E-state index < -0.39 is 0 Å². The van der Waals surface area contributed by atoms with Gasteiger partial charge in [0.05, 0.1) is 11.4 Å². The van der Waals surface area contributed by atoms with E-state index in [-0.39, 0.29) is 0 Å². The van der Waals surface area contributed by atoms with Gasteiger partial charge in [-0.2, -0.15) is 10.2 Å². The third-order valence-electron chi connectivity index (χ3n) is 6.53. The van der Waals surface area contributed by atoms with Gasteiger partial charge < -0.3 is 0 Å². The number of hydrogen-bond donors (Lipinski definition) is 0. The van der Waals surface area contributed by atoms with E-state index >= 15 is 0 Å². The Morgan fingerprint density at radius 2 is 1.55 bits per heavy atom. The Hall–Kier alpha value is -3.00. The Bertz CT molecular complexity index is 1140. The van der Waals surface area contributed by atoms with Crippen molar-refractivity contribution in [2.75, 3.05) is 0 Å². The molecule has 0 aliphatic heterocycles. The molecule has 0 spiro atoms. The van der Waals surface area contributed by atoms with Crippen LogP contribution >= 0.6 is 0 Å². The van der Waals surface area contributed by atoms with E-state index in [0.717, 1.165) is 23.4 Å². The summed E-state index contributed by atoms with van der Waals surface area (Å²) in [5.74, 6) is 0. The molecular weight excluding hydrogens is 400 g/mol. The molecule has 0 saturated heterocycles. The first-order valence-electron chi connectivity index (χ1n) is 12.3. The van der Waals surface area contributed by atoms with Crippen LogP contribution in [-0.2, 0) is 6.42 Å². The Kier molecular flexibility index (Phi) is 8.77. The third kappa shape index (κ3) is 6.74. The van der Waals surface area contributed by atoms with Crippen LogP contribution in [-0.4, -0.2) is 0 Å². The molecule has 0 aliphatic rings. The van der Waals surface area contributed by atoms with Gasteiger partial charge in [-0.1, -0.05) is 62.6 Å². The van der Waals surface area contributed by atoms with Gasteiger partial charge in [-0.3, -0.25) is 0 Å². The van der Waals surface area contributed by atoms with Crippen molar-refractivity contribution in [2.45, 2.75) is 73.6 Å². The molecule has 0 amide bonds. The lowest BCUT2D eigenvalue weighted by molar-refractivity contribution is 0.665. The molecule has 0 N–H and O–H groups in total. The smallest absolute Gasteiger partial charge is 0.0862 e. The van der Waals surface area contributed by atoms with Gasteiger partial charge in [-0.25, -0.2) is 0 Å². The largest absolute Gasteiger partial charge is 0.155 e. The van der Waals surface area contributed by atoms with E-state index in [4.69, 9.17) is 0 Å². The van der Waals surface area contributed by atoms with Crippen LogP contribution in [0.15, 0.2) is 70.5 Å². The summed E-state index contributed by atoms with van der Waals surface area (Å²) >= 11 is 0. The van der Waals surface area contributed by atoms with Crippen molar-refractivity contribution in [3.63, 3.8) is 0 Å². The van der Waals surface area contributed by atoms with Crippen LogP contribution in [0, 0.1) is 27.7 Å². The van der Waals surface area contributed by atoms with Crippen molar-refractivity contribution in [3.05, 3.63) is 93.7 Å². The fourth-order valence-corrected chi connectivity index (χ4v) is 4.27. The van der Waals surface area contributed by atoms with Crippen molar-refractivity contribution in [1.29, 1.82) is 0 Å². The third-order valence-corrected chi connectivity index (χ3v) is 6.53. The van der Waals surface area contributed by atoms with Crippen molar-refractivity contribution in [2.24, 2.45) is 10.2 Å². The number of azo groups is 1. The number of nitrogens with zero attached hydrogens (tertiary/aromatic N) is 2. The summed E-state index contributed by atoms with van der Waals surface area (Å²) in [6.45, 7) is 13.0. The molecule has 0 unspecified atom stereocenters. The molecule has 0 radical (unpaired) electrons. The Morgan fingerprint density at radius 1 is 0.818 bits per heavy atom. The van der Waals surface area contributed by atoms with Crippen LogP contribution < -0.4 is 0 Å². The molecule has 0 bridgehead atoms. The molecule has 0 heterocycles. The molecular formula is C31H38N2. The number of unbranched alkanes of at least 4 members (excludes halogenated alkanes) is 3. The first-order chi connectivity index (χ1) is 15.9. The highest BCUT2D eigenvalue weighted by molar-refractivity contribution is 5.72. The number of aryl methyl sites for hydroxylation is 3. The predicted octanol–water partition coefficient (Wildman–Crippen LogP) is 9.85. The van der Waals surface area contributed by atoms with Crippen LogP contribution in [0.3, 0.4) is 0 Å². The molecule has 0 fully saturated rings. The van der Waals surface area contributed by atoms with Crippen LogP contribution in [0.1, 0.15) is 72.9 Å². The minimum atomic E-state index is 0.903. The molecule has 3 aromatic carbocycles. The van der Waals surface area contributed by atoms with E-state index in [1.807, 2.05) is 6.92 Å². The van der Waals surface area contributed by atoms with Gasteiger partial charge in [-0.15, -0.1) is 0 Å². The van der Waals surface area contributed by atoms with Crippen molar-refractivity contribution >= 4 is 11.8 Å². The number of allylic oxidation sites excluding steroid dienone is 1. The fourth-order valence-electron chi connectivity index (χ4n) is 4.27. The first-order valence-corrected chi connectivity index (χ1v) is 12.3. The summed E-state index contributed by atoms with van der Waals surface area (Å²) in [7, 11) is 0. The maximum Gasteiger partial charge on any atom is 0.0862 e. The predicted molar refractivity (Wildman–Crippen MR) is 143 cm³/mol. The molecule has 0 aliphatic carbocycles. The lowest BCUT2D eigenvalue weighted by atomic mass is 9.94. The zero-order chi connectivity index (χ0) is 23.8. The minimum absolute atomic E-state index is 0.903. The maximum absolute atomic E-state index is 4.59. The van der Waals surface area contributed by atoms with E-state index in [2.05, 4.69) is 106 Å². The van der Waals surface area contributed by atoms with Crippen molar-refractivity contribution in [3.8, 4) is 11.1 Å².